The summed E-state index contributed by atoms with van der Waals surface area (Å²) >= 11 is 3.48. The average Bonchev–Trinajstić information content (AvgIpc) is 2.83. The fourth-order valence-corrected chi connectivity index (χ4v) is 3.08. The second kappa shape index (κ2) is 6.02. The molecule has 0 saturated heterocycles. The van der Waals surface area contributed by atoms with Gasteiger partial charge in [0.2, 0.25) is 0 Å². The molecule has 1 N–H and O–H groups in total. The van der Waals surface area contributed by atoms with Crippen LogP contribution in [0.3, 0.4) is 0 Å². The number of alkyl halides is 2. The number of anilines is 1. The average molecular weight is 354 g/mol. The van der Waals surface area contributed by atoms with E-state index in [2.05, 4.69) is 38.1 Å². The molecule has 0 amide bonds. The van der Waals surface area contributed by atoms with Gasteiger partial charge in [-0.05, 0) is 60.4 Å². The third-order valence-corrected chi connectivity index (χ3v) is 4.10. The summed E-state index contributed by atoms with van der Waals surface area (Å²) in [7, 11) is 0. The number of benzene rings is 2. The molecular formula is C16H14BrF2NO. The van der Waals surface area contributed by atoms with Crippen LogP contribution in [0.1, 0.15) is 23.6 Å². The lowest BCUT2D eigenvalue weighted by molar-refractivity contribution is -0.0498. The molecule has 2 nitrogen and oxygen atoms in total. The zero-order valence-electron chi connectivity index (χ0n) is 11.2. The Kier molecular flexibility index (Phi) is 4.10. The van der Waals surface area contributed by atoms with Crippen LogP contribution < -0.4 is 10.1 Å². The summed E-state index contributed by atoms with van der Waals surface area (Å²) < 4.78 is 29.6. The SMILES string of the molecule is FC(F)Oc1ccc(NC2CCc3cc(Br)ccc32)cc1. The molecule has 0 fully saturated rings. The lowest BCUT2D eigenvalue weighted by Gasteiger charge is -2.16. The maximum Gasteiger partial charge on any atom is 0.387 e. The van der Waals surface area contributed by atoms with Gasteiger partial charge < -0.3 is 10.1 Å². The highest BCUT2D eigenvalue weighted by Crippen LogP contribution is 2.35. The molecular weight excluding hydrogens is 340 g/mol. The summed E-state index contributed by atoms with van der Waals surface area (Å²) in [6.45, 7) is -2.79. The molecule has 1 atom stereocenters. The Morgan fingerprint density at radius 2 is 1.90 bits per heavy atom. The first-order valence-electron chi connectivity index (χ1n) is 6.71. The lowest BCUT2D eigenvalue weighted by atomic mass is 10.1. The van der Waals surface area contributed by atoms with Gasteiger partial charge in [-0.1, -0.05) is 22.0 Å². The molecule has 0 heterocycles. The number of rotatable bonds is 4. The highest BCUT2D eigenvalue weighted by atomic mass is 79.9. The molecule has 2 aromatic carbocycles. The van der Waals surface area contributed by atoms with Crippen molar-refractivity contribution in [1.29, 1.82) is 0 Å². The smallest absolute Gasteiger partial charge is 0.387 e. The molecule has 0 radical (unpaired) electrons. The Hall–Kier alpha value is -1.62. The van der Waals surface area contributed by atoms with Crippen molar-refractivity contribution >= 4 is 21.6 Å². The van der Waals surface area contributed by atoms with Crippen LogP contribution >= 0.6 is 15.9 Å². The quantitative estimate of drug-likeness (QED) is 0.820. The maximum atomic E-state index is 12.1. The van der Waals surface area contributed by atoms with E-state index in [1.807, 2.05) is 6.07 Å². The molecule has 2 aromatic rings. The first-order valence-corrected chi connectivity index (χ1v) is 7.51. The predicted molar refractivity (Wildman–Crippen MR) is 81.9 cm³/mol. The van der Waals surface area contributed by atoms with Gasteiger partial charge in [-0.2, -0.15) is 8.78 Å². The molecule has 0 saturated carbocycles. The van der Waals surface area contributed by atoms with Gasteiger partial charge in [0, 0.05) is 10.2 Å². The summed E-state index contributed by atoms with van der Waals surface area (Å²) in [6.07, 6.45) is 2.07. The number of halogens is 3. The van der Waals surface area contributed by atoms with E-state index in [9.17, 15) is 8.78 Å². The summed E-state index contributed by atoms with van der Waals surface area (Å²) in [5, 5.41) is 3.44. The van der Waals surface area contributed by atoms with Crippen molar-refractivity contribution < 1.29 is 13.5 Å². The molecule has 0 aromatic heterocycles. The van der Waals surface area contributed by atoms with Crippen LogP contribution in [-0.2, 0) is 6.42 Å². The molecule has 110 valence electrons. The van der Waals surface area contributed by atoms with Crippen molar-refractivity contribution in [3.8, 4) is 5.75 Å². The number of hydrogen-bond acceptors (Lipinski definition) is 2. The zero-order chi connectivity index (χ0) is 14.8. The van der Waals surface area contributed by atoms with Gasteiger partial charge in [0.25, 0.3) is 0 Å². The summed E-state index contributed by atoms with van der Waals surface area (Å²) in [5.41, 5.74) is 3.54. The number of fused-ring (bicyclic) bond motifs is 1. The zero-order valence-corrected chi connectivity index (χ0v) is 12.7. The van der Waals surface area contributed by atoms with Gasteiger partial charge in [0.15, 0.2) is 0 Å². The van der Waals surface area contributed by atoms with Crippen LogP contribution in [0, 0.1) is 0 Å². The highest BCUT2D eigenvalue weighted by Gasteiger charge is 2.22. The fraction of sp³-hybridized carbons (Fsp3) is 0.250. The van der Waals surface area contributed by atoms with Crippen molar-refractivity contribution in [2.75, 3.05) is 5.32 Å². The van der Waals surface area contributed by atoms with E-state index < -0.39 is 6.61 Å². The Balaban J connectivity index is 1.71. The Morgan fingerprint density at radius 3 is 2.62 bits per heavy atom. The molecule has 5 heteroatoms. The minimum Gasteiger partial charge on any atom is -0.435 e. The van der Waals surface area contributed by atoms with Crippen LogP contribution in [-0.4, -0.2) is 6.61 Å². The monoisotopic (exact) mass is 353 g/mol. The third-order valence-electron chi connectivity index (χ3n) is 3.60. The van der Waals surface area contributed by atoms with Crippen molar-refractivity contribution in [3.05, 3.63) is 58.1 Å². The molecule has 1 unspecified atom stereocenters. The van der Waals surface area contributed by atoms with Crippen LogP contribution in [0.4, 0.5) is 14.5 Å². The Labute approximate surface area is 130 Å². The number of nitrogens with one attached hydrogen (secondary N) is 1. The number of ether oxygens (including phenoxy) is 1. The molecule has 0 aliphatic heterocycles. The van der Waals surface area contributed by atoms with Crippen molar-refractivity contribution in [2.45, 2.75) is 25.5 Å². The van der Waals surface area contributed by atoms with Gasteiger partial charge in [0.05, 0.1) is 6.04 Å². The lowest BCUT2D eigenvalue weighted by Crippen LogP contribution is -2.07. The van der Waals surface area contributed by atoms with Gasteiger partial charge in [-0.3, -0.25) is 0 Å². The summed E-state index contributed by atoms with van der Waals surface area (Å²) in [6, 6.07) is 13.2. The van der Waals surface area contributed by atoms with Gasteiger partial charge in [-0.25, -0.2) is 0 Å². The molecule has 0 spiro atoms. The minimum absolute atomic E-state index is 0.173. The van der Waals surface area contributed by atoms with E-state index in [4.69, 9.17) is 0 Å². The molecule has 21 heavy (non-hydrogen) atoms. The van der Waals surface area contributed by atoms with Crippen molar-refractivity contribution in [1.82, 2.24) is 0 Å². The first kappa shape index (κ1) is 14.3. The van der Waals surface area contributed by atoms with E-state index in [0.717, 1.165) is 23.0 Å². The maximum absolute atomic E-state index is 12.1. The molecule has 1 aliphatic rings. The highest BCUT2D eigenvalue weighted by molar-refractivity contribution is 9.10. The van der Waals surface area contributed by atoms with E-state index in [1.165, 1.54) is 11.1 Å². The summed E-state index contributed by atoms with van der Waals surface area (Å²) in [5.74, 6) is 0.173. The van der Waals surface area contributed by atoms with E-state index >= 15 is 0 Å². The van der Waals surface area contributed by atoms with Gasteiger partial charge in [0.1, 0.15) is 5.75 Å². The largest absolute Gasteiger partial charge is 0.435 e. The topological polar surface area (TPSA) is 21.3 Å². The van der Waals surface area contributed by atoms with E-state index in [-0.39, 0.29) is 11.8 Å². The Morgan fingerprint density at radius 1 is 1.14 bits per heavy atom. The van der Waals surface area contributed by atoms with Crippen LogP contribution in [0.2, 0.25) is 0 Å². The Bertz CT molecular complexity index is 631. The van der Waals surface area contributed by atoms with Gasteiger partial charge >= 0.3 is 6.61 Å². The van der Waals surface area contributed by atoms with Gasteiger partial charge in [-0.15, -0.1) is 0 Å². The van der Waals surface area contributed by atoms with Crippen LogP contribution in [0.5, 0.6) is 5.75 Å². The molecule has 0 bridgehead atoms. The standard InChI is InChI=1S/C16H14BrF2NO/c17-11-2-7-14-10(9-11)1-8-15(14)20-12-3-5-13(6-4-12)21-16(18)19/h2-7,9,15-16,20H,1,8H2. The number of hydrogen-bond donors (Lipinski definition) is 1. The third kappa shape index (κ3) is 3.35. The van der Waals surface area contributed by atoms with Crippen molar-refractivity contribution in [3.63, 3.8) is 0 Å². The molecule has 1 aliphatic carbocycles. The second-order valence-electron chi connectivity index (χ2n) is 4.98. The van der Waals surface area contributed by atoms with Crippen LogP contribution in [0.25, 0.3) is 0 Å². The van der Waals surface area contributed by atoms with Crippen molar-refractivity contribution in [2.24, 2.45) is 0 Å². The molecule has 3 rings (SSSR count). The second-order valence-corrected chi connectivity index (χ2v) is 5.90. The minimum atomic E-state index is -2.79. The van der Waals surface area contributed by atoms with E-state index in [1.54, 1.807) is 24.3 Å². The summed E-state index contributed by atoms with van der Waals surface area (Å²) in [4.78, 5) is 0. The first-order chi connectivity index (χ1) is 10.1. The predicted octanol–water partition coefficient (Wildman–Crippen LogP) is 5.15. The van der Waals surface area contributed by atoms with E-state index in [0.29, 0.717) is 0 Å². The van der Waals surface area contributed by atoms with Crippen LogP contribution in [0.15, 0.2) is 46.9 Å². The normalized spacial score (nSPS) is 16.9. The number of aryl methyl sites for hydroxylation is 1. The fourth-order valence-electron chi connectivity index (χ4n) is 2.67.